The number of carbonyl (C=O) groups is 1. The number of urea groups is 1. The minimum absolute atomic E-state index is 0.164. The molecule has 0 saturated heterocycles. The molecule has 2 heterocycles. The Morgan fingerprint density at radius 3 is 2.78 bits per heavy atom. The van der Waals surface area contributed by atoms with Crippen molar-refractivity contribution in [3.05, 3.63) is 83.7 Å². The highest BCUT2D eigenvalue weighted by Gasteiger charge is 2.30. The van der Waals surface area contributed by atoms with E-state index in [0.717, 1.165) is 35.1 Å². The normalized spacial score (nSPS) is 15.7. The molecule has 1 N–H and O–H groups in total. The average molecular weight is 367 g/mol. The summed E-state index contributed by atoms with van der Waals surface area (Å²) in [7, 11) is 0. The van der Waals surface area contributed by atoms with E-state index in [0.29, 0.717) is 13.0 Å². The largest absolute Gasteiger partial charge is 0.322 e. The fourth-order valence-electron chi connectivity index (χ4n) is 3.64. The molecule has 0 fully saturated rings. The van der Waals surface area contributed by atoms with E-state index in [9.17, 15) is 13.6 Å². The molecule has 1 aliphatic rings. The minimum atomic E-state index is -0.670. The molecular formula is C21H19F2N3O. The zero-order valence-corrected chi connectivity index (χ0v) is 14.8. The molecule has 0 unspecified atom stereocenters. The summed E-state index contributed by atoms with van der Waals surface area (Å²) in [6.07, 6.45) is 2.67. The maximum Gasteiger partial charge on any atom is 0.322 e. The first-order valence-corrected chi connectivity index (χ1v) is 8.86. The number of nitrogens with one attached hydrogen (secondary N) is 1. The molecule has 1 aliphatic heterocycles. The Balaban J connectivity index is 1.74. The Bertz CT molecular complexity index is 999. The summed E-state index contributed by atoms with van der Waals surface area (Å²) in [5.74, 6) is -1.27. The lowest BCUT2D eigenvalue weighted by atomic mass is 10.1. The number of nitrogens with zero attached hydrogens (tertiary/aromatic N) is 2. The molecule has 3 aromatic rings. The van der Waals surface area contributed by atoms with Crippen LogP contribution < -0.4 is 5.32 Å². The van der Waals surface area contributed by atoms with Crippen LogP contribution in [0.4, 0.5) is 19.3 Å². The van der Waals surface area contributed by atoms with Gasteiger partial charge in [0.25, 0.3) is 0 Å². The fraction of sp³-hybridized carbons (Fsp3) is 0.190. The van der Waals surface area contributed by atoms with Gasteiger partial charge < -0.3 is 14.8 Å². The van der Waals surface area contributed by atoms with Crippen LogP contribution in [0.3, 0.4) is 0 Å². The number of amides is 2. The number of halogens is 2. The lowest BCUT2D eigenvalue weighted by molar-refractivity contribution is 0.181. The van der Waals surface area contributed by atoms with Gasteiger partial charge in [0.2, 0.25) is 0 Å². The highest BCUT2D eigenvalue weighted by atomic mass is 19.1. The molecule has 0 radical (unpaired) electrons. The predicted molar refractivity (Wildman–Crippen MR) is 99.7 cm³/mol. The second kappa shape index (κ2) is 6.87. The number of benzene rings is 2. The third kappa shape index (κ3) is 3.07. The molecule has 4 nitrogen and oxygen atoms in total. The fourth-order valence-corrected chi connectivity index (χ4v) is 3.64. The Kier molecular flexibility index (Phi) is 4.39. The number of rotatable bonds is 2. The van der Waals surface area contributed by atoms with Crippen LogP contribution in [-0.4, -0.2) is 15.5 Å². The van der Waals surface area contributed by atoms with E-state index in [1.807, 2.05) is 49.5 Å². The molecule has 2 aromatic carbocycles. The van der Waals surface area contributed by atoms with Crippen molar-refractivity contribution in [2.24, 2.45) is 0 Å². The van der Waals surface area contributed by atoms with Crippen LogP contribution in [0.25, 0.3) is 5.69 Å². The quantitative estimate of drug-likeness (QED) is 0.660. The van der Waals surface area contributed by atoms with Gasteiger partial charge in [-0.1, -0.05) is 25.1 Å². The smallest absolute Gasteiger partial charge is 0.318 e. The maximum absolute atomic E-state index is 14.0. The van der Waals surface area contributed by atoms with Gasteiger partial charge in [0.15, 0.2) is 0 Å². The Hall–Kier alpha value is -3.15. The minimum Gasteiger partial charge on any atom is -0.318 e. The summed E-state index contributed by atoms with van der Waals surface area (Å²) < 4.78 is 29.5. The van der Waals surface area contributed by atoms with Gasteiger partial charge in [0.05, 0.1) is 24.0 Å². The van der Waals surface area contributed by atoms with Crippen LogP contribution in [-0.2, 0) is 6.54 Å². The third-order valence-electron chi connectivity index (χ3n) is 4.91. The van der Waals surface area contributed by atoms with E-state index in [1.165, 1.54) is 0 Å². The number of anilines is 1. The second-order valence-corrected chi connectivity index (χ2v) is 6.54. The third-order valence-corrected chi connectivity index (χ3v) is 4.91. The second-order valence-electron chi connectivity index (χ2n) is 6.54. The van der Waals surface area contributed by atoms with Crippen molar-refractivity contribution >= 4 is 11.7 Å². The first-order valence-electron chi connectivity index (χ1n) is 8.86. The van der Waals surface area contributed by atoms with Crippen molar-refractivity contribution in [3.8, 4) is 5.69 Å². The van der Waals surface area contributed by atoms with Crippen molar-refractivity contribution in [2.75, 3.05) is 5.32 Å². The van der Waals surface area contributed by atoms with Crippen LogP contribution in [0.5, 0.6) is 0 Å². The van der Waals surface area contributed by atoms with E-state index >= 15 is 0 Å². The van der Waals surface area contributed by atoms with E-state index in [2.05, 4.69) is 9.88 Å². The van der Waals surface area contributed by atoms with Crippen LogP contribution in [0, 0.1) is 11.6 Å². The molecule has 6 heteroatoms. The van der Waals surface area contributed by atoms with Crippen LogP contribution in [0.2, 0.25) is 0 Å². The summed E-state index contributed by atoms with van der Waals surface area (Å²) >= 11 is 0. The van der Waals surface area contributed by atoms with Gasteiger partial charge in [-0.2, -0.15) is 0 Å². The Morgan fingerprint density at radius 2 is 1.96 bits per heavy atom. The van der Waals surface area contributed by atoms with Crippen LogP contribution in [0.1, 0.15) is 30.6 Å². The first-order chi connectivity index (χ1) is 13.1. The number of hydrogen-bond donors (Lipinski definition) is 1. The number of para-hydroxylation sites is 1. The van der Waals surface area contributed by atoms with Crippen molar-refractivity contribution < 1.29 is 13.6 Å². The zero-order chi connectivity index (χ0) is 19.0. The molecule has 1 aromatic heterocycles. The van der Waals surface area contributed by atoms with Gasteiger partial charge in [0, 0.05) is 18.0 Å². The summed E-state index contributed by atoms with van der Waals surface area (Å²) in [6, 6.07) is 14.2. The molecule has 4 rings (SSSR count). The van der Waals surface area contributed by atoms with Gasteiger partial charge in [0.1, 0.15) is 11.6 Å². The standard InChI is InChI=1S/C21H19F2N3O/c1-2-18-20-8-5-11-25(20)19-7-4-3-6-14(19)13-26(18)21(27)24-17-12-15(22)9-10-16(17)23/h3-12,18H,2,13H2,1H3,(H,24,27)/t18-/m0/s1. The topological polar surface area (TPSA) is 37.3 Å². The van der Waals surface area contributed by atoms with E-state index in [1.54, 1.807) is 4.90 Å². The molecule has 0 saturated carbocycles. The highest BCUT2D eigenvalue weighted by Crippen LogP contribution is 2.34. The number of carbonyl (C=O) groups excluding carboxylic acids is 1. The van der Waals surface area contributed by atoms with Crippen LogP contribution in [0.15, 0.2) is 60.8 Å². The lowest BCUT2D eigenvalue weighted by Crippen LogP contribution is -2.37. The van der Waals surface area contributed by atoms with Crippen molar-refractivity contribution in [2.45, 2.75) is 25.9 Å². The molecule has 27 heavy (non-hydrogen) atoms. The van der Waals surface area contributed by atoms with Crippen LogP contribution >= 0.6 is 0 Å². The SMILES string of the molecule is CC[C@H]1c2cccn2-c2ccccc2CN1C(=O)Nc1cc(F)ccc1F. The average Bonchev–Trinajstić information content (AvgIpc) is 3.09. The summed E-state index contributed by atoms with van der Waals surface area (Å²) in [4.78, 5) is 14.7. The number of hydrogen-bond acceptors (Lipinski definition) is 1. The van der Waals surface area contributed by atoms with Crippen molar-refractivity contribution in [3.63, 3.8) is 0 Å². The summed E-state index contributed by atoms with van der Waals surface area (Å²) in [5.41, 5.74) is 2.82. The van der Waals surface area contributed by atoms with Gasteiger partial charge >= 0.3 is 6.03 Å². The van der Waals surface area contributed by atoms with E-state index < -0.39 is 17.7 Å². The molecule has 2 amide bonds. The van der Waals surface area contributed by atoms with Gasteiger partial charge in [-0.25, -0.2) is 13.6 Å². The molecule has 0 aliphatic carbocycles. The number of fused-ring (bicyclic) bond motifs is 3. The molecule has 0 bridgehead atoms. The monoisotopic (exact) mass is 367 g/mol. The van der Waals surface area contributed by atoms with E-state index in [-0.39, 0.29) is 11.7 Å². The van der Waals surface area contributed by atoms with E-state index in [4.69, 9.17) is 0 Å². The molecule has 138 valence electrons. The Labute approximate surface area is 156 Å². The summed E-state index contributed by atoms with van der Waals surface area (Å²) in [6.45, 7) is 2.38. The first kappa shape index (κ1) is 17.3. The zero-order valence-electron chi connectivity index (χ0n) is 14.8. The molecular weight excluding hydrogens is 348 g/mol. The molecule has 0 spiro atoms. The highest BCUT2D eigenvalue weighted by molar-refractivity contribution is 5.90. The molecule has 1 atom stereocenters. The maximum atomic E-state index is 14.0. The Morgan fingerprint density at radius 1 is 1.15 bits per heavy atom. The van der Waals surface area contributed by atoms with Gasteiger partial charge in [-0.3, -0.25) is 0 Å². The predicted octanol–water partition coefficient (Wildman–Crippen LogP) is 5.25. The van der Waals surface area contributed by atoms with Gasteiger partial charge in [-0.05, 0) is 42.3 Å². The lowest BCUT2D eigenvalue weighted by Gasteiger charge is -2.29. The van der Waals surface area contributed by atoms with Gasteiger partial charge in [-0.15, -0.1) is 0 Å². The number of aromatic nitrogens is 1. The van der Waals surface area contributed by atoms with Crippen molar-refractivity contribution in [1.82, 2.24) is 9.47 Å². The van der Waals surface area contributed by atoms with Crippen molar-refractivity contribution in [1.29, 1.82) is 0 Å². The summed E-state index contributed by atoms with van der Waals surface area (Å²) in [5, 5.41) is 2.53.